The molecule has 178 valence electrons. The van der Waals surface area contributed by atoms with Crippen molar-refractivity contribution in [2.24, 2.45) is 5.92 Å². The molecule has 1 aromatic carbocycles. The average molecular weight is 455 g/mol. The second-order valence-corrected chi connectivity index (χ2v) is 9.20. The van der Waals surface area contributed by atoms with Gasteiger partial charge >= 0.3 is 0 Å². The van der Waals surface area contributed by atoms with Gasteiger partial charge in [-0.1, -0.05) is 42.7 Å². The molecule has 0 spiro atoms. The van der Waals surface area contributed by atoms with E-state index in [9.17, 15) is 19.2 Å². The number of ketones is 1. The van der Waals surface area contributed by atoms with Crippen molar-refractivity contribution >= 4 is 29.7 Å². The molecule has 0 aromatic heterocycles. The number of carbonyl (C=O) groups is 4. The molecule has 2 fully saturated rings. The number of fused-ring (bicyclic) bond motifs is 1. The van der Waals surface area contributed by atoms with Gasteiger partial charge in [-0.25, -0.2) is 0 Å². The SMILES string of the molecule is CC(=O)N1C2CCCCC2C[C@H]1C(=O)N[C@@H](CCC(=O)C=N)C(=O)NCc1ccc(C)cc1. The zero-order valence-electron chi connectivity index (χ0n) is 19.4. The van der Waals surface area contributed by atoms with E-state index in [1.54, 1.807) is 4.90 Å². The first-order valence-corrected chi connectivity index (χ1v) is 11.8. The predicted octanol–water partition coefficient (Wildman–Crippen LogP) is 2.27. The molecule has 2 aliphatic rings. The van der Waals surface area contributed by atoms with Gasteiger partial charge in [0.15, 0.2) is 5.78 Å². The molecule has 8 nitrogen and oxygen atoms in total. The van der Waals surface area contributed by atoms with Crippen LogP contribution in [0.4, 0.5) is 0 Å². The molecule has 3 N–H and O–H groups in total. The summed E-state index contributed by atoms with van der Waals surface area (Å²) in [6, 6.07) is 6.34. The van der Waals surface area contributed by atoms with Gasteiger partial charge in [0.25, 0.3) is 0 Å². The molecule has 1 heterocycles. The average Bonchev–Trinajstić information content (AvgIpc) is 3.21. The van der Waals surface area contributed by atoms with Crippen molar-refractivity contribution in [3.8, 4) is 0 Å². The van der Waals surface area contributed by atoms with Crippen LogP contribution in [-0.4, -0.2) is 52.7 Å². The lowest BCUT2D eigenvalue weighted by atomic mass is 9.84. The normalized spacial score (nSPS) is 22.7. The van der Waals surface area contributed by atoms with Crippen molar-refractivity contribution in [3.63, 3.8) is 0 Å². The van der Waals surface area contributed by atoms with E-state index in [0.717, 1.165) is 43.0 Å². The third-order valence-corrected chi connectivity index (χ3v) is 6.82. The van der Waals surface area contributed by atoms with Crippen molar-refractivity contribution < 1.29 is 19.2 Å². The van der Waals surface area contributed by atoms with Crippen LogP contribution in [0, 0.1) is 18.3 Å². The second-order valence-electron chi connectivity index (χ2n) is 9.20. The van der Waals surface area contributed by atoms with Crippen LogP contribution in [0.5, 0.6) is 0 Å². The van der Waals surface area contributed by atoms with E-state index in [2.05, 4.69) is 10.6 Å². The van der Waals surface area contributed by atoms with E-state index in [1.807, 2.05) is 31.2 Å². The van der Waals surface area contributed by atoms with E-state index in [4.69, 9.17) is 5.41 Å². The topological polar surface area (TPSA) is 119 Å². The van der Waals surface area contributed by atoms with Crippen LogP contribution in [0.15, 0.2) is 24.3 Å². The Bertz CT molecular complexity index is 898. The molecule has 2 unspecified atom stereocenters. The Morgan fingerprint density at radius 3 is 2.52 bits per heavy atom. The zero-order valence-corrected chi connectivity index (χ0v) is 19.4. The number of rotatable bonds is 9. The summed E-state index contributed by atoms with van der Waals surface area (Å²) in [5.41, 5.74) is 2.05. The highest BCUT2D eigenvalue weighted by atomic mass is 16.2. The van der Waals surface area contributed by atoms with Gasteiger partial charge in [-0.05, 0) is 44.1 Å². The Morgan fingerprint density at radius 2 is 1.85 bits per heavy atom. The first-order valence-electron chi connectivity index (χ1n) is 11.8. The van der Waals surface area contributed by atoms with Crippen LogP contribution < -0.4 is 10.6 Å². The molecule has 1 saturated heterocycles. The number of hydrogen-bond donors (Lipinski definition) is 3. The standard InChI is InChI=1S/C25H34N4O4/c1-16-7-9-18(10-8-16)15-27-24(32)21(12-11-20(31)14-26)28-25(33)23-13-19-5-3-4-6-22(19)29(23)17(2)30/h7-10,14,19,21-23,26H,3-6,11-13,15H2,1-2H3,(H,27,32)(H,28,33)/t19?,21-,22?,23-/m0/s1. The molecule has 4 atom stereocenters. The highest BCUT2D eigenvalue weighted by Gasteiger charge is 2.46. The predicted molar refractivity (Wildman–Crippen MR) is 125 cm³/mol. The van der Waals surface area contributed by atoms with Crippen LogP contribution in [-0.2, 0) is 25.7 Å². The zero-order chi connectivity index (χ0) is 24.0. The van der Waals surface area contributed by atoms with Crippen molar-refractivity contribution in [3.05, 3.63) is 35.4 Å². The summed E-state index contributed by atoms with van der Waals surface area (Å²) < 4.78 is 0. The van der Waals surface area contributed by atoms with Crippen LogP contribution in [0.3, 0.4) is 0 Å². The van der Waals surface area contributed by atoms with Crippen molar-refractivity contribution in [1.82, 2.24) is 15.5 Å². The number of nitrogens with one attached hydrogen (secondary N) is 3. The lowest BCUT2D eigenvalue weighted by molar-refractivity contribution is -0.140. The van der Waals surface area contributed by atoms with Crippen molar-refractivity contribution in [2.45, 2.75) is 83.5 Å². The number of nitrogens with zero attached hydrogens (tertiary/aromatic N) is 1. The summed E-state index contributed by atoms with van der Waals surface area (Å²) in [5, 5.41) is 12.8. The van der Waals surface area contributed by atoms with E-state index >= 15 is 0 Å². The highest BCUT2D eigenvalue weighted by molar-refractivity contribution is 6.26. The number of carbonyl (C=O) groups excluding carboxylic acids is 4. The number of likely N-dealkylation sites (tertiary alicyclic amines) is 1. The summed E-state index contributed by atoms with van der Waals surface area (Å²) >= 11 is 0. The van der Waals surface area contributed by atoms with Crippen LogP contribution in [0.2, 0.25) is 0 Å². The fourth-order valence-corrected chi connectivity index (χ4v) is 5.06. The Balaban J connectivity index is 1.68. The Hall–Kier alpha value is -3.03. The Kier molecular flexibility index (Phi) is 8.36. The van der Waals surface area contributed by atoms with Crippen LogP contribution in [0.25, 0.3) is 0 Å². The van der Waals surface area contributed by atoms with E-state index in [1.165, 1.54) is 6.92 Å². The molecule has 3 rings (SSSR count). The maximum absolute atomic E-state index is 13.2. The minimum absolute atomic E-state index is 0.0151. The molecule has 8 heteroatoms. The third-order valence-electron chi connectivity index (χ3n) is 6.82. The van der Waals surface area contributed by atoms with Gasteiger partial charge in [0.05, 0.1) is 6.21 Å². The number of aryl methyl sites for hydroxylation is 1. The van der Waals surface area contributed by atoms with Gasteiger partial charge in [0.1, 0.15) is 12.1 Å². The number of benzene rings is 1. The van der Waals surface area contributed by atoms with Gasteiger partial charge in [0.2, 0.25) is 17.7 Å². The van der Waals surface area contributed by atoms with Gasteiger partial charge in [-0.15, -0.1) is 0 Å². The van der Waals surface area contributed by atoms with Crippen LogP contribution >= 0.6 is 0 Å². The fourth-order valence-electron chi connectivity index (χ4n) is 5.06. The van der Waals surface area contributed by atoms with Gasteiger partial charge in [-0.2, -0.15) is 0 Å². The molecule has 1 aromatic rings. The molecule has 0 radical (unpaired) electrons. The van der Waals surface area contributed by atoms with E-state index in [-0.39, 0.29) is 36.6 Å². The number of Topliss-reactive ketones (excluding diaryl/α,β-unsaturated/α-hetero) is 1. The molecule has 1 aliphatic carbocycles. The number of hydrogen-bond acceptors (Lipinski definition) is 5. The van der Waals surface area contributed by atoms with Gasteiger partial charge < -0.3 is 20.9 Å². The lowest BCUT2D eigenvalue weighted by Gasteiger charge is -2.33. The van der Waals surface area contributed by atoms with Crippen molar-refractivity contribution in [1.29, 1.82) is 5.41 Å². The summed E-state index contributed by atoms with van der Waals surface area (Å²) in [6.45, 7) is 3.78. The largest absolute Gasteiger partial charge is 0.350 e. The van der Waals surface area contributed by atoms with Crippen LogP contribution in [0.1, 0.15) is 63.0 Å². The monoisotopic (exact) mass is 454 g/mol. The smallest absolute Gasteiger partial charge is 0.243 e. The van der Waals surface area contributed by atoms with Crippen molar-refractivity contribution in [2.75, 3.05) is 0 Å². The fraction of sp³-hybridized carbons (Fsp3) is 0.560. The molecule has 0 bridgehead atoms. The third kappa shape index (κ3) is 6.27. The van der Waals surface area contributed by atoms with Gasteiger partial charge in [-0.3, -0.25) is 19.2 Å². The number of amides is 3. The molecular formula is C25H34N4O4. The van der Waals surface area contributed by atoms with E-state index in [0.29, 0.717) is 18.9 Å². The molecule has 3 amide bonds. The molecule has 1 aliphatic heterocycles. The first-order chi connectivity index (χ1) is 15.8. The van der Waals surface area contributed by atoms with Gasteiger partial charge in [0, 0.05) is 25.9 Å². The minimum Gasteiger partial charge on any atom is -0.350 e. The maximum atomic E-state index is 13.2. The Labute approximate surface area is 195 Å². The lowest BCUT2D eigenvalue weighted by Crippen LogP contribution is -2.54. The maximum Gasteiger partial charge on any atom is 0.243 e. The Morgan fingerprint density at radius 1 is 1.15 bits per heavy atom. The molecular weight excluding hydrogens is 420 g/mol. The summed E-state index contributed by atoms with van der Waals surface area (Å²) in [4.78, 5) is 51.9. The molecule has 33 heavy (non-hydrogen) atoms. The quantitative estimate of drug-likeness (QED) is 0.496. The second kappa shape index (κ2) is 11.2. The van der Waals surface area contributed by atoms with E-state index < -0.39 is 17.9 Å². The first kappa shape index (κ1) is 24.6. The minimum atomic E-state index is -0.914. The highest BCUT2D eigenvalue weighted by Crippen LogP contribution is 2.39. The summed E-state index contributed by atoms with van der Waals surface area (Å²) in [7, 11) is 0. The summed E-state index contributed by atoms with van der Waals surface area (Å²) in [5.74, 6) is -0.947. The molecule has 1 saturated carbocycles. The summed E-state index contributed by atoms with van der Waals surface area (Å²) in [6.07, 6.45) is 5.48.